The van der Waals surface area contributed by atoms with E-state index in [9.17, 15) is 39.6 Å². The van der Waals surface area contributed by atoms with Gasteiger partial charge in [-0.25, -0.2) is 0 Å². The fourth-order valence-electron chi connectivity index (χ4n) is 9.15. The SMILES string of the molecule is CCCCCCCCCCCCCCCC(=O)[O-].CCCCCCCCCCCCCCCC(=O)[O-].CCCCCCCCCCCCCCCC(=O)[O-].CCCCCCCCCCCCCCCC(=O)[O-].[K+].[Sb+3]. The zero-order valence-corrected chi connectivity index (χ0v) is 56.0. The van der Waals surface area contributed by atoms with Gasteiger partial charge in [-0.05, 0) is 51.4 Å². The molecule has 0 atom stereocenters. The number of carboxylic acids is 4. The molecule has 10 heteroatoms. The fraction of sp³-hybridized carbons (Fsp3) is 0.938. The summed E-state index contributed by atoms with van der Waals surface area (Å²) in [7, 11) is 0. The van der Waals surface area contributed by atoms with Gasteiger partial charge in [0.1, 0.15) is 0 Å². The third kappa shape index (κ3) is 101. The van der Waals surface area contributed by atoms with E-state index in [-0.39, 0.29) is 101 Å². The van der Waals surface area contributed by atoms with Crippen LogP contribution in [0.25, 0.3) is 0 Å². The van der Waals surface area contributed by atoms with Crippen LogP contribution in [0.3, 0.4) is 0 Å². The average molecular weight is 1180 g/mol. The number of rotatable bonds is 56. The molecule has 0 aliphatic heterocycles. The van der Waals surface area contributed by atoms with E-state index >= 15 is 0 Å². The minimum atomic E-state index is -0.905. The third-order valence-electron chi connectivity index (χ3n) is 13.9. The van der Waals surface area contributed by atoms with Gasteiger partial charge < -0.3 is 39.6 Å². The largest absolute Gasteiger partial charge is 3.00 e. The summed E-state index contributed by atoms with van der Waals surface area (Å²) in [6.45, 7) is 9.03. The van der Waals surface area contributed by atoms with Crippen molar-refractivity contribution in [2.45, 2.75) is 387 Å². The molecule has 0 saturated carbocycles. The summed E-state index contributed by atoms with van der Waals surface area (Å²) in [5, 5.41) is 40.8. The van der Waals surface area contributed by atoms with Crippen molar-refractivity contribution in [1.29, 1.82) is 0 Å². The molecule has 434 valence electrons. The van der Waals surface area contributed by atoms with Crippen molar-refractivity contribution in [1.82, 2.24) is 0 Å². The van der Waals surface area contributed by atoms with E-state index in [0.717, 1.165) is 51.4 Å². The molecule has 0 rings (SSSR count). The van der Waals surface area contributed by atoms with Crippen LogP contribution in [-0.2, 0) is 19.2 Å². The van der Waals surface area contributed by atoms with Crippen LogP contribution in [-0.4, -0.2) is 48.3 Å². The number of aliphatic carboxylic acids is 4. The summed E-state index contributed by atoms with van der Waals surface area (Å²) in [5.41, 5.74) is 0. The molecule has 74 heavy (non-hydrogen) atoms. The first-order valence-electron chi connectivity index (χ1n) is 31.9. The van der Waals surface area contributed by atoms with Crippen molar-refractivity contribution in [3.05, 3.63) is 0 Å². The summed E-state index contributed by atoms with van der Waals surface area (Å²) in [5.74, 6) is -3.62. The molecule has 0 aromatic heterocycles. The molecule has 0 saturated heterocycles. The molecule has 0 aromatic carbocycles. The van der Waals surface area contributed by atoms with Crippen LogP contribution in [0.5, 0.6) is 0 Å². The maximum absolute atomic E-state index is 10.2. The van der Waals surface area contributed by atoms with Crippen molar-refractivity contribution >= 4 is 48.3 Å². The molecule has 0 unspecified atom stereocenters. The van der Waals surface area contributed by atoms with Crippen LogP contribution >= 0.6 is 0 Å². The van der Waals surface area contributed by atoms with E-state index in [1.165, 1.54) is 283 Å². The molecule has 0 aromatic rings. The molecule has 0 heterocycles. The van der Waals surface area contributed by atoms with Crippen molar-refractivity contribution < 1.29 is 91.0 Å². The van der Waals surface area contributed by atoms with Crippen molar-refractivity contribution in [2.75, 3.05) is 0 Å². The quantitative estimate of drug-likeness (QED) is 0.0430. The van der Waals surface area contributed by atoms with Gasteiger partial charge in [0.2, 0.25) is 0 Å². The van der Waals surface area contributed by atoms with E-state index in [1.807, 2.05) is 0 Å². The first-order valence-corrected chi connectivity index (χ1v) is 31.9. The molecule has 0 fully saturated rings. The minimum Gasteiger partial charge on any atom is -0.550 e. The molecule has 8 nitrogen and oxygen atoms in total. The fourth-order valence-corrected chi connectivity index (χ4v) is 9.15. The van der Waals surface area contributed by atoms with Gasteiger partial charge in [-0.15, -0.1) is 0 Å². The molecule has 2 radical (unpaired) electrons. The number of hydrogen-bond acceptors (Lipinski definition) is 8. The first kappa shape index (κ1) is 85.6. The summed E-state index contributed by atoms with van der Waals surface area (Å²) < 4.78 is 0. The minimum absolute atomic E-state index is 0. The third-order valence-corrected chi connectivity index (χ3v) is 13.9. The van der Waals surface area contributed by atoms with E-state index in [4.69, 9.17) is 0 Å². The Balaban J connectivity index is -0.000000206. The smallest absolute Gasteiger partial charge is 0.550 e. The van der Waals surface area contributed by atoms with E-state index in [0.29, 0.717) is 0 Å². The molecule has 0 aliphatic rings. The second-order valence-corrected chi connectivity index (χ2v) is 21.5. The predicted octanol–water partition coefficient (Wildman–Crippen LogP) is 13.5. The van der Waals surface area contributed by atoms with Crippen LogP contribution in [0.4, 0.5) is 0 Å². The average Bonchev–Trinajstić information content (AvgIpc) is 3.35. The van der Waals surface area contributed by atoms with Crippen LogP contribution in [0.2, 0.25) is 0 Å². The van der Waals surface area contributed by atoms with Gasteiger partial charge >= 0.3 is 75.8 Å². The van der Waals surface area contributed by atoms with Crippen LogP contribution < -0.4 is 71.8 Å². The monoisotopic (exact) mass is 1180 g/mol. The van der Waals surface area contributed by atoms with Gasteiger partial charge in [-0.1, -0.05) is 336 Å². The van der Waals surface area contributed by atoms with Gasteiger partial charge in [0.15, 0.2) is 0 Å². The first-order chi connectivity index (χ1) is 35.1. The second kappa shape index (κ2) is 82.2. The Labute approximate surface area is 521 Å². The van der Waals surface area contributed by atoms with Gasteiger partial charge in [0.25, 0.3) is 0 Å². The van der Waals surface area contributed by atoms with Crippen molar-refractivity contribution in [3.63, 3.8) is 0 Å². The zero-order chi connectivity index (χ0) is 53.9. The molecule has 0 N–H and O–H groups in total. The van der Waals surface area contributed by atoms with Crippen LogP contribution in [0.1, 0.15) is 387 Å². The Bertz CT molecular complexity index is 887. The summed E-state index contributed by atoms with van der Waals surface area (Å²) in [6.07, 6.45) is 67.7. The summed E-state index contributed by atoms with van der Waals surface area (Å²) >= 11 is 0. The Hall–Kier alpha value is 0.335. The number of carboxylic acid groups (broad SMARTS) is 4. The Kier molecular flexibility index (Phi) is 95.1. The van der Waals surface area contributed by atoms with E-state index in [2.05, 4.69) is 27.7 Å². The van der Waals surface area contributed by atoms with Crippen molar-refractivity contribution in [3.8, 4) is 0 Å². The van der Waals surface area contributed by atoms with Crippen molar-refractivity contribution in [2.24, 2.45) is 0 Å². The second-order valence-electron chi connectivity index (χ2n) is 21.5. The normalized spacial score (nSPS) is 10.4. The summed E-state index contributed by atoms with van der Waals surface area (Å²) in [4.78, 5) is 40.8. The molecule has 0 bridgehead atoms. The number of carbonyl (C=O) groups excluding carboxylic acids is 4. The molecular formula is C64H124KO8Sb. The van der Waals surface area contributed by atoms with Crippen LogP contribution in [0.15, 0.2) is 0 Å². The van der Waals surface area contributed by atoms with Gasteiger partial charge in [0.05, 0.1) is 0 Å². The molecular weight excluding hydrogens is 1060 g/mol. The van der Waals surface area contributed by atoms with E-state index < -0.39 is 23.9 Å². The topological polar surface area (TPSA) is 161 Å². The van der Waals surface area contributed by atoms with Crippen LogP contribution in [0, 0.1) is 0 Å². The molecule has 0 amide bonds. The Morgan fingerprint density at radius 1 is 0.189 bits per heavy atom. The van der Waals surface area contributed by atoms with E-state index in [1.54, 1.807) is 0 Å². The predicted molar refractivity (Wildman–Crippen MR) is 307 cm³/mol. The maximum atomic E-state index is 10.2. The summed E-state index contributed by atoms with van der Waals surface area (Å²) in [6, 6.07) is 0. The number of carbonyl (C=O) groups is 4. The van der Waals surface area contributed by atoms with Gasteiger partial charge in [-0.3, -0.25) is 0 Å². The van der Waals surface area contributed by atoms with Gasteiger partial charge in [0, 0.05) is 23.9 Å². The van der Waals surface area contributed by atoms with Gasteiger partial charge in [-0.2, -0.15) is 0 Å². The molecule has 0 aliphatic carbocycles. The standard InChI is InChI=1S/4C16H32O2.K.Sb/c4*1-2-3-4-5-6-7-8-9-10-11-12-13-14-15-16(17)18;;/h4*2-15H2,1H3,(H,17,18);;/q;;;;+1;+3/p-4. The Morgan fingerprint density at radius 3 is 0.351 bits per heavy atom. The number of hydrogen-bond donors (Lipinski definition) is 0. The zero-order valence-electron chi connectivity index (χ0n) is 50.3. The maximum Gasteiger partial charge on any atom is 3.00 e. The number of unbranched alkanes of at least 4 members (excludes halogenated alkanes) is 48. The molecule has 0 spiro atoms. The Morgan fingerprint density at radius 2 is 0.270 bits per heavy atom.